The van der Waals surface area contributed by atoms with Crippen molar-refractivity contribution >= 4 is 22.8 Å². The second kappa shape index (κ2) is 9.35. The predicted octanol–water partition coefficient (Wildman–Crippen LogP) is 1.69. The Morgan fingerprint density at radius 2 is 2.05 bits per heavy atom. The van der Waals surface area contributed by atoms with Crippen molar-refractivity contribution in [1.82, 2.24) is 14.5 Å². The minimum absolute atomic E-state index is 0.0242. The molecule has 196 valence electrons. The van der Waals surface area contributed by atoms with Crippen molar-refractivity contribution in [3.8, 4) is 23.2 Å². The van der Waals surface area contributed by atoms with E-state index >= 15 is 0 Å². The average molecular weight is 519 g/mol. The second-order valence-electron chi connectivity index (χ2n) is 9.45. The largest absolute Gasteiger partial charge is 0.458 e. The number of rotatable bonds is 4. The fourth-order valence-corrected chi connectivity index (χ4v) is 5.08. The highest BCUT2D eigenvalue weighted by molar-refractivity contribution is 5.92. The zero-order valence-electron chi connectivity index (χ0n) is 21.4. The van der Waals surface area contributed by atoms with Crippen molar-refractivity contribution in [3.05, 3.63) is 62.2 Å². The molecule has 0 fully saturated rings. The van der Waals surface area contributed by atoms with Crippen LogP contribution in [0.25, 0.3) is 22.3 Å². The number of carbonyl (C=O) groups excluding carboxylic acids is 2. The molecule has 2 aliphatic heterocycles. The molecule has 1 atom stereocenters. The van der Waals surface area contributed by atoms with E-state index < -0.39 is 22.9 Å². The zero-order valence-corrected chi connectivity index (χ0v) is 21.4. The Hall–Kier alpha value is -4.07. The molecule has 3 aromatic rings. The Kier molecular flexibility index (Phi) is 6.29. The molecule has 0 radical (unpaired) electrons. The molecule has 4 heterocycles. The third-order valence-corrected chi connectivity index (χ3v) is 7.36. The van der Waals surface area contributed by atoms with Gasteiger partial charge >= 0.3 is 5.97 Å². The highest BCUT2D eigenvalue weighted by Crippen LogP contribution is 2.40. The summed E-state index contributed by atoms with van der Waals surface area (Å²) in [7, 11) is 0. The molecule has 1 amide bonds. The maximum absolute atomic E-state index is 14.6. The highest BCUT2D eigenvalue weighted by atomic mass is 19.1. The number of nitrogens with two attached hydrogens (primary N) is 1. The lowest BCUT2D eigenvalue weighted by molar-refractivity contribution is -0.172. The molecule has 10 heteroatoms. The van der Waals surface area contributed by atoms with E-state index in [2.05, 4.69) is 11.8 Å². The first-order valence-electron chi connectivity index (χ1n) is 12.4. The first-order chi connectivity index (χ1) is 18.1. The summed E-state index contributed by atoms with van der Waals surface area (Å²) in [5.41, 5.74) is 6.40. The fourth-order valence-electron chi connectivity index (χ4n) is 5.08. The van der Waals surface area contributed by atoms with Crippen molar-refractivity contribution in [2.24, 2.45) is 5.73 Å². The van der Waals surface area contributed by atoms with Crippen LogP contribution < -0.4 is 11.3 Å². The summed E-state index contributed by atoms with van der Waals surface area (Å²) in [5, 5.41) is 11.7. The van der Waals surface area contributed by atoms with Crippen molar-refractivity contribution in [2.45, 2.75) is 45.9 Å². The van der Waals surface area contributed by atoms with Gasteiger partial charge in [-0.05, 0) is 38.0 Å². The molecule has 1 aromatic carbocycles. The summed E-state index contributed by atoms with van der Waals surface area (Å²) in [4.78, 5) is 44.3. The molecule has 5 rings (SSSR count). The molecule has 0 aliphatic carbocycles. The number of hydrogen-bond donors (Lipinski definition) is 2. The molecular formula is C28H27FN4O5. The Labute approximate surface area is 218 Å². The number of halogens is 1. The van der Waals surface area contributed by atoms with Crippen LogP contribution in [-0.2, 0) is 33.1 Å². The van der Waals surface area contributed by atoms with Crippen molar-refractivity contribution in [2.75, 3.05) is 19.6 Å². The molecule has 0 unspecified atom stereocenters. The van der Waals surface area contributed by atoms with Crippen LogP contribution in [0.5, 0.6) is 0 Å². The van der Waals surface area contributed by atoms with Crippen LogP contribution in [0.1, 0.15) is 48.1 Å². The number of esters is 1. The molecule has 0 saturated carbocycles. The predicted molar refractivity (Wildman–Crippen MR) is 137 cm³/mol. The number of aromatic nitrogens is 2. The minimum atomic E-state index is -1.95. The zero-order chi connectivity index (χ0) is 27.4. The third-order valence-electron chi connectivity index (χ3n) is 7.36. The van der Waals surface area contributed by atoms with Gasteiger partial charge in [-0.3, -0.25) is 9.59 Å². The van der Waals surface area contributed by atoms with Gasteiger partial charge in [0.05, 0.1) is 42.1 Å². The molecule has 0 bridgehead atoms. The van der Waals surface area contributed by atoms with E-state index in [0.717, 1.165) is 0 Å². The summed E-state index contributed by atoms with van der Waals surface area (Å²) < 4.78 is 21.2. The number of cyclic esters (lactones) is 1. The number of pyridine rings is 2. The number of aliphatic hydroxyl groups is 1. The maximum atomic E-state index is 14.6. The number of ether oxygens (including phenoxy) is 1. The van der Waals surface area contributed by atoms with E-state index in [-0.39, 0.29) is 49.7 Å². The lowest BCUT2D eigenvalue weighted by Crippen LogP contribution is -2.44. The Morgan fingerprint density at radius 1 is 1.29 bits per heavy atom. The van der Waals surface area contributed by atoms with E-state index in [9.17, 15) is 23.9 Å². The number of hydrogen-bond acceptors (Lipinski definition) is 7. The molecule has 0 saturated heterocycles. The van der Waals surface area contributed by atoms with Crippen LogP contribution >= 0.6 is 0 Å². The van der Waals surface area contributed by atoms with E-state index in [4.69, 9.17) is 15.5 Å². The summed E-state index contributed by atoms with van der Waals surface area (Å²) in [6.07, 6.45) is 0.0242. The summed E-state index contributed by atoms with van der Waals surface area (Å²) in [6, 6.07) is 4.60. The molecule has 2 aromatic heterocycles. The van der Waals surface area contributed by atoms with E-state index in [1.807, 2.05) is 6.92 Å². The van der Waals surface area contributed by atoms with Gasteiger partial charge in [0.25, 0.3) is 5.56 Å². The van der Waals surface area contributed by atoms with Crippen LogP contribution in [0, 0.1) is 24.6 Å². The standard InChI is InChI=1S/C28H27FN4O5/c1-4-28(37)20-10-23-25-18(13-33(23)26(35)19(20)14-38-27(28)36)16(7-6-8-32(5-2)24(34)12-30)17-9-15(3)21(29)11-22(17)31-25/h9-11,37H,4-5,8,12-14,30H2,1-3H3/t28-/m0/s1. The normalized spacial score (nSPS) is 17.3. The fraction of sp³-hybridized carbons (Fsp3) is 0.357. The molecular weight excluding hydrogens is 491 g/mol. The number of fused-ring (bicyclic) bond motifs is 5. The number of carbonyl (C=O) groups is 2. The Bertz CT molecular complexity index is 1650. The lowest BCUT2D eigenvalue weighted by Gasteiger charge is -2.31. The summed E-state index contributed by atoms with van der Waals surface area (Å²) in [6.45, 7) is 5.49. The highest BCUT2D eigenvalue weighted by Gasteiger charge is 2.45. The van der Waals surface area contributed by atoms with Crippen LogP contribution in [0.15, 0.2) is 23.0 Å². The molecule has 3 N–H and O–H groups in total. The van der Waals surface area contributed by atoms with Gasteiger partial charge in [0.2, 0.25) is 5.91 Å². The van der Waals surface area contributed by atoms with Crippen molar-refractivity contribution in [1.29, 1.82) is 0 Å². The molecule has 9 nitrogen and oxygen atoms in total. The monoisotopic (exact) mass is 518 g/mol. The van der Waals surface area contributed by atoms with Gasteiger partial charge in [-0.2, -0.15) is 0 Å². The Balaban J connectivity index is 1.74. The Morgan fingerprint density at radius 3 is 2.74 bits per heavy atom. The van der Waals surface area contributed by atoms with Gasteiger partial charge in [0.1, 0.15) is 12.4 Å². The van der Waals surface area contributed by atoms with Gasteiger partial charge in [-0.1, -0.05) is 18.8 Å². The van der Waals surface area contributed by atoms with Gasteiger partial charge in [0, 0.05) is 34.7 Å². The summed E-state index contributed by atoms with van der Waals surface area (Å²) in [5.74, 6) is 4.71. The lowest BCUT2D eigenvalue weighted by atomic mass is 9.86. The van der Waals surface area contributed by atoms with Gasteiger partial charge in [-0.15, -0.1) is 0 Å². The number of benzene rings is 1. The quantitative estimate of drug-likeness (QED) is 0.311. The first kappa shape index (κ1) is 25.6. The SMILES string of the molecule is CCN(CC#Cc1c2c(nc3cc(F)c(C)cc13)-c1cc3c(c(=O)n1C2)COC(=O)[C@]3(O)CC)C(=O)CN. The molecule has 2 aliphatic rings. The van der Waals surface area contributed by atoms with E-state index in [1.54, 1.807) is 26.0 Å². The average Bonchev–Trinajstić information content (AvgIpc) is 3.27. The minimum Gasteiger partial charge on any atom is -0.458 e. The summed E-state index contributed by atoms with van der Waals surface area (Å²) >= 11 is 0. The number of amides is 1. The number of nitrogens with zero attached hydrogens (tertiary/aromatic N) is 3. The van der Waals surface area contributed by atoms with Crippen molar-refractivity contribution < 1.29 is 23.8 Å². The maximum Gasteiger partial charge on any atom is 0.343 e. The topological polar surface area (TPSA) is 128 Å². The first-order valence-corrected chi connectivity index (χ1v) is 12.4. The van der Waals surface area contributed by atoms with Crippen molar-refractivity contribution in [3.63, 3.8) is 0 Å². The number of likely N-dealkylation sites (N-methyl/N-ethyl adjacent to an activating group) is 1. The van der Waals surface area contributed by atoms with Crippen LogP contribution in [0.3, 0.4) is 0 Å². The van der Waals surface area contributed by atoms with Crippen LogP contribution in [0.4, 0.5) is 4.39 Å². The van der Waals surface area contributed by atoms with E-state index in [1.165, 1.54) is 15.5 Å². The number of aryl methyl sites for hydroxylation is 1. The van der Waals surface area contributed by atoms with E-state index in [0.29, 0.717) is 45.5 Å². The third kappa shape index (κ3) is 3.78. The molecule has 38 heavy (non-hydrogen) atoms. The van der Waals surface area contributed by atoms with Gasteiger partial charge < -0.3 is 25.0 Å². The van der Waals surface area contributed by atoms with Gasteiger partial charge in [-0.25, -0.2) is 14.2 Å². The smallest absolute Gasteiger partial charge is 0.343 e. The molecule has 0 spiro atoms. The second-order valence-corrected chi connectivity index (χ2v) is 9.45. The van der Waals surface area contributed by atoms with Crippen LogP contribution in [0.2, 0.25) is 0 Å². The van der Waals surface area contributed by atoms with Gasteiger partial charge in [0.15, 0.2) is 5.60 Å². The van der Waals surface area contributed by atoms with Crippen LogP contribution in [-0.4, -0.2) is 51.1 Å².